The van der Waals surface area contributed by atoms with E-state index in [1.54, 1.807) is 37.3 Å². The molecule has 10 heteroatoms. The van der Waals surface area contributed by atoms with Crippen LogP contribution in [0.15, 0.2) is 77.7 Å². The standard InChI is InChI=1S/C31H35Cl2N3O4S/c1-22-16-18-24(19-17-22)20-35(23(2)31(38)34-25-10-5-3-6-11-25)29(37)21-36(28-15-9-14-27(32)30(28)33)41(39,40)26-12-7-4-8-13-26/h4,7-9,12-19,23,25H,3,5-6,10-11,20-21H2,1-2H3,(H,34,38)/t23-/m1/s1. The van der Waals surface area contributed by atoms with Gasteiger partial charge < -0.3 is 10.2 Å². The summed E-state index contributed by atoms with van der Waals surface area (Å²) >= 11 is 12.7. The summed E-state index contributed by atoms with van der Waals surface area (Å²) in [6.45, 7) is 3.19. The molecule has 1 N–H and O–H groups in total. The molecule has 1 atom stereocenters. The van der Waals surface area contributed by atoms with Crippen molar-refractivity contribution >= 4 is 50.7 Å². The molecule has 3 aromatic rings. The number of benzene rings is 3. The first kappa shape index (κ1) is 30.9. The van der Waals surface area contributed by atoms with Gasteiger partial charge >= 0.3 is 0 Å². The number of halogens is 2. The summed E-state index contributed by atoms with van der Waals surface area (Å²) in [6, 6.07) is 19.3. The van der Waals surface area contributed by atoms with E-state index in [9.17, 15) is 18.0 Å². The van der Waals surface area contributed by atoms with Crippen LogP contribution in [0.5, 0.6) is 0 Å². The van der Waals surface area contributed by atoms with Crippen LogP contribution in [0, 0.1) is 6.92 Å². The summed E-state index contributed by atoms with van der Waals surface area (Å²) < 4.78 is 28.7. The van der Waals surface area contributed by atoms with E-state index in [0.29, 0.717) is 0 Å². The molecule has 3 aromatic carbocycles. The van der Waals surface area contributed by atoms with Crippen LogP contribution in [0.1, 0.15) is 50.2 Å². The van der Waals surface area contributed by atoms with E-state index < -0.39 is 28.5 Å². The molecule has 41 heavy (non-hydrogen) atoms. The molecule has 0 unspecified atom stereocenters. The molecule has 0 aliphatic heterocycles. The summed E-state index contributed by atoms with van der Waals surface area (Å²) in [5, 5.41) is 3.27. The Morgan fingerprint density at radius 3 is 2.24 bits per heavy atom. The SMILES string of the molecule is Cc1ccc(CN(C(=O)CN(c2cccc(Cl)c2Cl)S(=O)(=O)c2ccccc2)[C@H](C)C(=O)NC2CCCCC2)cc1. The quantitative estimate of drug-likeness (QED) is 0.287. The lowest BCUT2D eigenvalue weighted by Gasteiger charge is -2.33. The van der Waals surface area contributed by atoms with E-state index >= 15 is 0 Å². The molecule has 1 saturated carbocycles. The highest BCUT2D eigenvalue weighted by atomic mass is 35.5. The highest BCUT2D eigenvalue weighted by molar-refractivity contribution is 7.92. The highest BCUT2D eigenvalue weighted by Gasteiger charge is 2.34. The molecule has 0 aromatic heterocycles. The molecule has 218 valence electrons. The Labute approximate surface area is 252 Å². The number of anilines is 1. The third-order valence-electron chi connectivity index (χ3n) is 7.40. The van der Waals surface area contributed by atoms with Gasteiger partial charge in [0.1, 0.15) is 12.6 Å². The van der Waals surface area contributed by atoms with Gasteiger partial charge in [-0.3, -0.25) is 13.9 Å². The summed E-state index contributed by atoms with van der Waals surface area (Å²) in [6.07, 6.45) is 5.06. The van der Waals surface area contributed by atoms with Crippen LogP contribution < -0.4 is 9.62 Å². The number of nitrogens with one attached hydrogen (secondary N) is 1. The van der Waals surface area contributed by atoms with Crippen molar-refractivity contribution < 1.29 is 18.0 Å². The molecule has 1 aliphatic rings. The largest absolute Gasteiger partial charge is 0.352 e. The summed E-state index contributed by atoms with van der Waals surface area (Å²) in [5.41, 5.74) is 1.95. The number of hydrogen-bond acceptors (Lipinski definition) is 4. The minimum absolute atomic E-state index is 0.00276. The van der Waals surface area contributed by atoms with Gasteiger partial charge in [0.2, 0.25) is 11.8 Å². The van der Waals surface area contributed by atoms with Gasteiger partial charge in [-0.15, -0.1) is 0 Å². The lowest BCUT2D eigenvalue weighted by Crippen LogP contribution is -2.53. The van der Waals surface area contributed by atoms with Gasteiger partial charge in [-0.05, 0) is 56.5 Å². The lowest BCUT2D eigenvalue weighted by molar-refractivity contribution is -0.139. The van der Waals surface area contributed by atoms with E-state index in [1.807, 2.05) is 31.2 Å². The maximum absolute atomic E-state index is 14.1. The molecule has 0 bridgehead atoms. The molecule has 7 nitrogen and oxygen atoms in total. The van der Waals surface area contributed by atoms with Crippen LogP contribution in [0.25, 0.3) is 0 Å². The van der Waals surface area contributed by atoms with Gasteiger partial charge in [-0.2, -0.15) is 0 Å². The first-order valence-electron chi connectivity index (χ1n) is 13.7. The zero-order chi connectivity index (χ0) is 29.6. The average Bonchev–Trinajstić information content (AvgIpc) is 2.97. The second-order valence-corrected chi connectivity index (χ2v) is 13.1. The number of rotatable bonds is 10. The van der Waals surface area contributed by atoms with Crippen LogP contribution in [0.2, 0.25) is 10.0 Å². The number of aryl methyl sites for hydroxylation is 1. The van der Waals surface area contributed by atoms with Crippen molar-refractivity contribution in [3.63, 3.8) is 0 Å². The van der Waals surface area contributed by atoms with Gasteiger partial charge in [-0.25, -0.2) is 8.42 Å². The second-order valence-electron chi connectivity index (χ2n) is 10.4. The predicted molar refractivity (Wildman–Crippen MR) is 164 cm³/mol. The number of nitrogens with zero attached hydrogens (tertiary/aromatic N) is 2. The summed E-state index contributed by atoms with van der Waals surface area (Å²) in [7, 11) is -4.23. The average molecular weight is 617 g/mol. The van der Waals surface area contributed by atoms with E-state index in [0.717, 1.165) is 47.5 Å². The Morgan fingerprint density at radius 2 is 1.59 bits per heavy atom. The molecule has 0 spiro atoms. The third kappa shape index (κ3) is 7.61. The normalized spacial score (nSPS) is 14.7. The van der Waals surface area contributed by atoms with Gasteiger partial charge in [-0.1, -0.05) is 96.6 Å². The van der Waals surface area contributed by atoms with E-state index in [2.05, 4.69) is 5.32 Å². The van der Waals surface area contributed by atoms with Gasteiger partial charge in [0.15, 0.2) is 0 Å². The predicted octanol–water partition coefficient (Wildman–Crippen LogP) is 6.36. The Hall–Kier alpha value is -3.07. The summed E-state index contributed by atoms with van der Waals surface area (Å²) in [5.74, 6) is -0.817. The van der Waals surface area contributed by atoms with Gasteiger partial charge in [0.25, 0.3) is 10.0 Å². The maximum atomic E-state index is 14.1. The van der Waals surface area contributed by atoms with Crippen LogP contribution >= 0.6 is 23.2 Å². The lowest BCUT2D eigenvalue weighted by atomic mass is 9.95. The Bertz CT molecular complexity index is 1460. The van der Waals surface area contributed by atoms with E-state index in [1.165, 1.54) is 23.1 Å². The Kier molecular flexibility index (Phi) is 10.3. The molecule has 0 radical (unpaired) electrons. The van der Waals surface area contributed by atoms with Gasteiger partial charge in [0.05, 0.1) is 20.6 Å². The monoisotopic (exact) mass is 615 g/mol. The minimum atomic E-state index is -4.23. The summed E-state index contributed by atoms with van der Waals surface area (Å²) in [4.78, 5) is 28.9. The first-order chi connectivity index (χ1) is 19.6. The molecule has 0 heterocycles. The van der Waals surface area contributed by atoms with Crippen molar-refractivity contribution in [2.75, 3.05) is 10.8 Å². The maximum Gasteiger partial charge on any atom is 0.264 e. The van der Waals surface area contributed by atoms with E-state index in [-0.39, 0.29) is 39.1 Å². The number of carbonyl (C=O) groups excluding carboxylic acids is 2. The zero-order valence-electron chi connectivity index (χ0n) is 23.2. The number of amides is 2. The smallest absolute Gasteiger partial charge is 0.264 e. The van der Waals surface area contributed by atoms with Crippen molar-refractivity contribution in [2.45, 2.75) is 69.5 Å². The van der Waals surface area contributed by atoms with Crippen LogP contribution in [-0.4, -0.2) is 43.8 Å². The van der Waals surface area contributed by atoms with Crippen LogP contribution in [0.4, 0.5) is 5.69 Å². The molecular formula is C31H35Cl2N3O4S. The van der Waals surface area contributed by atoms with Crippen molar-refractivity contribution in [1.82, 2.24) is 10.2 Å². The number of hydrogen-bond donors (Lipinski definition) is 1. The van der Waals surface area contributed by atoms with Crippen molar-refractivity contribution in [3.05, 3.63) is 94.0 Å². The van der Waals surface area contributed by atoms with Crippen LogP contribution in [0.3, 0.4) is 0 Å². The van der Waals surface area contributed by atoms with Crippen molar-refractivity contribution in [2.24, 2.45) is 0 Å². The number of carbonyl (C=O) groups is 2. The third-order valence-corrected chi connectivity index (χ3v) is 9.99. The fourth-order valence-electron chi connectivity index (χ4n) is 4.96. The Morgan fingerprint density at radius 1 is 0.927 bits per heavy atom. The first-order valence-corrected chi connectivity index (χ1v) is 15.9. The molecule has 1 fully saturated rings. The minimum Gasteiger partial charge on any atom is -0.352 e. The topological polar surface area (TPSA) is 86.8 Å². The van der Waals surface area contributed by atoms with Crippen LogP contribution in [-0.2, 0) is 26.2 Å². The fourth-order valence-corrected chi connectivity index (χ4v) is 6.85. The number of sulfonamides is 1. The van der Waals surface area contributed by atoms with E-state index in [4.69, 9.17) is 23.2 Å². The Balaban J connectivity index is 1.69. The van der Waals surface area contributed by atoms with Crippen molar-refractivity contribution in [1.29, 1.82) is 0 Å². The zero-order valence-corrected chi connectivity index (χ0v) is 25.6. The van der Waals surface area contributed by atoms with Crippen molar-refractivity contribution in [3.8, 4) is 0 Å². The molecule has 2 amide bonds. The highest BCUT2D eigenvalue weighted by Crippen LogP contribution is 2.35. The van der Waals surface area contributed by atoms with Gasteiger partial charge in [0, 0.05) is 12.6 Å². The molecule has 1 aliphatic carbocycles. The molecule has 0 saturated heterocycles. The molecular weight excluding hydrogens is 581 g/mol. The fraction of sp³-hybridized carbons (Fsp3) is 0.355. The molecule has 4 rings (SSSR count). The second kappa shape index (κ2) is 13.7.